The summed E-state index contributed by atoms with van der Waals surface area (Å²) in [5.74, 6) is -0.417. The number of nitrogens with zero attached hydrogens (tertiary/aromatic N) is 1. The molecular weight excluding hydrogens is 231 g/mol. The summed E-state index contributed by atoms with van der Waals surface area (Å²) in [6, 6.07) is 1.15. The van der Waals surface area contributed by atoms with E-state index in [1.165, 1.54) is 6.20 Å². The lowest BCUT2D eigenvalue weighted by atomic mass is 10.0. The summed E-state index contributed by atoms with van der Waals surface area (Å²) in [5, 5.41) is 2.77. The minimum Gasteiger partial charge on any atom is -0.347 e. The molecule has 5 heteroatoms. The molecule has 88 valence electrons. The topological polar surface area (TPSA) is 42.0 Å². The van der Waals surface area contributed by atoms with Gasteiger partial charge in [0, 0.05) is 17.6 Å². The number of amides is 1. The lowest BCUT2D eigenvalue weighted by Crippen LogP contribution is -2.43. The van der Waals surface area contributed by atoms with Crippen molar-refractivity contribution in [2.75, 3.05) is 5.88 Å². The Morgan fingerprint density at radius 3 is 2.81 bits per heavy atom. The molecule has 16 heavy (non-hydrogen) atoms. The summed E-state index contributed by atoms with van der Waals surface area (Å²) in [6.07, 6.45) is 3.03. The molecule has 0 spiro atoms. The Labute approximate surface area is 99.0 Å². The molecule has 1 heterocycles. The fourth-order valence-electron chi connectivity index (χ4n) is 1.21. The van der Waals surface area contributed by atoms with E-state index in [0.717, 1.165) is 12.3 Å². The SMILES string of the molecule is CC(C)(CCCl)NC(=O)c1cncc(F)c1. The fraction of sp³-hybridized carbons (Fsp3) is 0.455. The number of nitrogens with one attached hydrogen (secondary N) is 1. The molecule has 1 aromatic rings. The molecule has 0 aliphatic rings. The number of alkyl halides is 1. The summed E-state index contributed by atoms with van der Waals surface area (Å²) in [7, 11) is 0. The van der Waals surface area contributed by atoms with Gasteiger partial charge in [0.05, 0.1) is 11.8 Å². The van der Waals surface area contributed by atoms with Crippen LogP contribution < -0.4 is 5.32 Å². The number of halogens is 2. The Kier molecular flexibility index (Phi) is 4.24. The monoisotopic (exact) mass is 244 g/mol. The van der Waals surface area contributed by atoms with Crippen LogP contribution in [0.1, 0.15) is 30.6 Å². The Morgan fingerprint density at radius 1 is 1.56 bits per heavy atom. The lowest BCUT2D eigenvalue weighted by Gasteiger charge is -2.25. The number of hydrogen-bond donors (Lipinski definition) is 1. The van der Waals surface area contributed by atoms with Gasteiger partial charge in [0.2, 0.25) is 0 Å². The largest absolute Gasteiger partial charge is 0.347 e. The van der Waals surface area contributed by atoms with Gasteiger partial charge in [-0.2, -0.15) is 0 Å². The third kappa shape index (κ3) is 3.77. The third-order valence-corrected chi connectivity index (χ3v) is 2.33. The van der Waals surface area contributed by atoms with Crippen molar-refractivity contribution in [3.05, 3.63) is 29.8 Å². The third-order valence-electron chi connectivity index (χ3n) is 2.14. The first kappa shape index (κ1) is 12.9. The summed E-state index contributed by atoms with van der Waals surface area (Å²) < 4.78 is 12.8. The molecule has 1 aromatic heterocycles. The van der Waals surface area contributed by atoms with Gasteiger partial charge < -0.3 is 5.32 Å². The molecule has 1 amide bonds. The minimum atomic E-state index is -0.525. The molecular formula is C11H14ClFN2O. The molecule has 0 unspecified atom stereocenters. The predicted molar refractivity (Wildman–Crippen MR) is 61.1 cm³/mol. The van der Waals surface area contributed by atoms with Gasteiger partial charge in [-0.15, -0.1) is 11.6 Å². The second kappa shape index (κ2) is 5.25. The molecule has 1 rings (SSSR count). The summed E-state index contributed by atoms with van der Waals surface area (Å²) in [6.45, 7) is 3.72. The Bertz CT molecular complexity index is 382. The number of carbonyl (C=O) groups is 1. The van der Waals surface area contributed by atoms with E-state index in [1.54, 1.807) is 0 Å². The minimum absolute atomic E-state index is 0.211. The molecule has 0 fully saturated rings. The van der Waals surface area contributed by atoms with Crippen molar-refractivity contribution in [2.24, 2.45) is 0 Å². The zero-order valence-electron chi connectivity index (χ0n) is 9.26. The fourth-order valence-corrected chi connectivity index (χ4v) is 1.69. The van der Waals surface area contributed by atoms with Crippen molar-refractivity contribution in [1.29, 1.82) is 0 Å². The highest BCUT2D eigenvalue weighted by atomic mass is 35.5. The van der Waals surface area contributed by atoms with Crippen molar-refractivity contribution < 1.29 is 9.18 Å². The van der Waals surface area contributed by atoms with Gasteiger partial charge in [0.1, 0.15) is 5.82 Å². The molecule has 0 radical (unpaired) electrons. The van der Waals surface area contributed by atoms with Crippen LogP contribution in [0.3, 0.4) is 0 Å². The maximum Gasteiger partial charge on any atom is 0.253 e. The van der Waals surface area contributed by atoms with E-state index in [9.17, 15) is 9.18 Å². The van der Waals surface area contributed by atoms with Crippen molar-refractivity contribution in [1.82, 2.24) is 10.3 Å². The first-order valence-electron chi connectivity index (χ1n) is 4.94. The van der Waals surface area contributed by atoms with Crippen LogP contribution in [0, 0.1) is 5.82 Å². The van der Waals surface area contributed by atoms with E-state index in [2.05, 4.69) is 10.3 Å². The maximum absolute atomic E-state index is 12.8. The molecule has 0 aliphatic carbocycles. The smallest absolute Gasteiger partial charge is 0.253 e. The second-order valence-electron chi connectivity index (χ2n) is 4.17. The first-order valence-corrected chi connectivity index (χ1v) is 5.47. The van der Waals surface area contributed by atoms with Crippen LogP contribution in [-0.4, -0.2) is 22.3 Å². The second-order valence-corrected chi connectivity index (χ2v) is 4.55. The van der Waals surface area contributed by atoms with Crippen LogP contribution in [-0.2, 0) is 0 Å². The van der Waals surface area contributed by atoms with E-state index in [1.807, 2.05) is 13.8 Å². The van der Waals surface area contributed by atoms with Gasteiger partial charge in [-0.1, -0.05) is 0 Å². The first-order chi connectivity index (χ1) is 7.44. The number of hydrogen-bond acceptors (Lipinski definition) is 2. The zero-order valence-corrected chi connectivity index (χ0v) is 10.0. The van der Waals surface area contributed by atoms with E-state index >= 15 is 0 Å². The van der Waals surface area contributed by atoms with Crippen molar-refractivity contribution >= 4 is 17.5 Å². The van der Waals surface area contributed by atoms with Crippen molar-refractivity contribution in [3.8, 4) is 0 Å². The number of aromatic nitrogens is 1. The van der Waals surface area contributed by atoms with Crippen LogP contribution in [0.4, 0.5) is 4.39 Å². The van der Waals surface area contributed by atoms with E-state index in [-0.39, 0.29) is 11.5 Å². The van der Waals surface area contributed by atoms with Gasteiger partial charge in [0.15, 0.2) is 0 Å². The van der Waals surface area contributed by atoms with Crippen LogP contribution in [0.5, 0.6) is 0 Å². The standard InChI is InChI=1S/C11H14ClFN2O/c1-11(2,3-4-12)15-10(16)8-5-9(13)7-14-6-8/h5-7H,3-4H2,1-2H3,(H,15,16). The zero-order chi connectivity index (χ0) is 12.2. The van der Waals surface area contributed by atoms with Crippen molar-refractivity contribution in [3.63, 3.8) is 0 Å². The number of rotatable bonds is 4. The van der Waals surface area contributed by atoms with Gasteiger partial charge >= 0.3 is 0 Å². The van der Waals surface area contributed by atoms with E-state index in [4.69, 9.17) is 11.6 Å². The summed E-state index contributed by atoms with van der Waals surface area (Å²) in [5.41, 5.74) is -0.201. The van der Waals surface area contributed by atoms with Crippen molar-refractivity contribution in [2.45, 2.75) is 25.8 Å². The van der Waals surface area contributed by atoms with Gasteiger partial charge in [-0.25, -0.2) is 4.39 Å². The molecule has 0 aliphatic heterocycles. The molecule has 1 N–H and O–H groups in total. The van der Waals surface area contributed by atoms with Gasteiger partial charge in [-0.3, -0.25) is 9.78 Å². The van der Waals surface area contributed by atoms with Gasteiger partial charge in [-0.05, 0) is 26.3 Å². The molecule has 0 aromatic carbocycles. The van der Waals surface area contributed by atoms with Crippen LogP contribution >= 0.6 is 11.6 Å². The predicted octanol–water partition coefficient (Wildman–Crippen LogP) is 2.36. The van der Waals surface area contributed by atoms with Crippen LogP contribution in [0.15, 0.2) is 18.5 Å². The molecule has 3 nitrogen and oxygen atoms in total. The van der Waals surface area contributed by atoms with E-state index < -0.39 is 11.4 Å². The summed E-state index contributed by atoms with van der Waals surface area (Å²) >= 11 is 5.62. The highest BCUT2D eigenvalue weighted by Gasteiger charge is 2.20. The highest BCUT2D eigenvalue weighted by molar-refractivity contribution is 6.17. The van der Waals surface area contributed by atoms with Gasteiger partial charge in [0.25, 0.3) is 5.91 Å². The Morgan fingerprint density at radius 2 is 2.25 bits per heavy atom. The Hall–Kier alpha value is -1.16. The average Bonchev–Trinajstić information content (AvgIpc) is 2.16. The highest BCUT2D eigenvalue weighted by Crippen LogP contribution is 2.11. The quantitative estimate of drug-likeness (QED) is 0.827. The van der Waals surface area contributed by atoms with E-state index in [0.29, 0.717) is 12.3 Å². The summed E-state index contributed by atoms with van der Waals surface area (Å²) in [4.78, 5) is 15.3. The number of carbonyl (C=O) groups excluding carboxylic acids is 1. The number of pyridine rings is 1. The molecule has 0 saturated carbocycles. The molecule has 0 saturated heterocycles. The molecule has 0 atom stereocenters. The Balaban J connectivity index is 2.72. The molecule has 0 bridgehead atoms. The van der Waals surface area contributed by atoms with Crippen LogP contribution in [0.2, 0.25) is 0 Å². The maximum atomic E-state index is 12.8. The lowest BCUT2D eigenvalue weighted by molar-refractivity contribution is 0.0911. The van der Waals surface area contributed by atoms with Crippen LogP contribution in [0.25, 0.3) is 0 Å². The normalized spacial score (nSPS) is 11.2. The average molecular weight is 245 g/mol.